The Morgan fingerprint density at radius 1 is 1.50 bits per heavy atom. The first-order chi connectivity index (χ1) is 7.74. The molecule has 0 saturated carbocycles. The third-order valence-corrected chi connectivity index (χ3v) is 3.68. The molecule has 0 saturated heterocycles. The first-order valence-corrected chi connectivity index (χ1v) is 6.35. The molecule has 0 radical (unpaired) electrons. The molecule has 0 bridgehead atoms. The van der Waals surface area contributed by atoms with Gasteiger partial charge in [-0.15, -0.1) is 10.2 Å². The number of nitrogens with zero attached hydrogens (tertiary/aromatic N) is 3. The van der Waals surface area contributed by atoms with Gasteiger partial charge in [0.1, 0.15) is 11.6 Å². The average Bonchev–Trinajstić information content (AvgIpc) is 2.71. The molecule has 1 aliphatic heterocycles. The highest BCUT2D eigenvalue weighted by Crippen LogP contribution is 2.21. The van der Waals surface area contributed by atoms with Crippen LogP contribution in [0.2, 0.25) is 0 Å². The lowest BCUT2D eigenvalue weighted by molar-refractivity contribution is 0.362. The summed E-state index contributed by atoms with van der Waals surface area (Å²) < 4.78 is 2.30. The van der Waals surface area contributed by atoms with Crippen LogP contribution < -0.4 is 5.73 Å². The number of hydrogen-bond donors (Lipinski definition) is 1. The van der Waals surface area contributed by atoms with Crippen LogP contribution in [0.4, 0.5) is 0 Å². The van der Waals surface area contributed by atoms with Gasteiger partial charge in [-0.25, -0.2) is 0 Å². The van der Waals surface area contributed by atoms with Crippen LogP contribution in [-0.4, -0.2) is 21.3 Å². The summed E-state index contributed by atoms with van der Waals surface area (Å²) in [7, 11) is 0. The number of aromatic nitrogens is 3. The highest BCUT2D eigenvalue weighted by Gasteiger charge is 2.22. The lowest BCUT2D eigenvalue weighted by Crippen LogP contribution is -2.27. The lowest BCUT2D eigenvalue weighted by atomic mass is 9.99. The molecule has 1 aromatic rings. The average molecular weight is 222 g/mol. The van der Waals surface area contributed by atoms with Crippen molar-refractivity contribution in [2.45, 2.75) is 46.1 Å². The van der Waals surface area contributed by atoms with Crippen molar-refractivity contribution in [2.24, 2.45) is 17.6 Å². The molecule has 0 fully saturated rings. The first kappa shape index (κ1) is 11.6. The molecule has 16 heavy (non-hydrogen) atoms. The van der Waals surface area contributed by atoms with Crippen LogP contribution >= 0.6 is 0 Å². The fraction of sp³-hybridized carbons (Fsp3) is 0.833. The van der Waals surface area contributed by atoms with Crippen molar-refractivity contribution in [2.75, 3.05) is 6.54 Å². The maximum atomic E-state index is 5.75. The van der Waals surface area contributed by atoms with Crippen LogP contribution in [0, 0.1) is 11.8 Å². The Bertz CT molecular complexity index is 345. The Balaban J connectivity index is 2.13. The van der Waals surface area contributed by atoms with Gasteiger partial charge in [0.15, 0.2) is 0 Å². The fourth-order valence-electron chi connectivity index (χ4n) is 2.25. The van der Waals surface area contributed by atoms with Crippen molar-refractivity contribution in [3.8, 4) is 0 Å². The van der Waals surface area contributed by atoms with E-state index in [1.807, 2.05) is 0 Å². The van der Waals surface area contributed by atoms with Gasteiger partial charge in [-0.05, 0) is 24.8 Å². The summed E-state index contributed by atoms with van der Waals surface area (Å²) in [6.45, 7) is 6.29. The molecule has 90 valence electrons. The minimum atomic E-state index is 0.610. The van der Waals surface area contributed by atoms with E-state index in [9.17, 15) is 0 Å². The van der Waals surface area contributed by atoms with Gasteiger partial charge < -0.3 is 10.3 Å². The molecule has 2 N–H and O–H groups in total. The molecule has 0 amide bonds. The Kier molecular flexibility index (Phi) is 3.59. The Morgan fingerprint density at radius 3 is 3.00 bits per heavy atom. The highest BCUT2D eigenvalue weighted by atomic mass is 15.3. The smallest absolute Gasteiger partial charge is 0.133 e. The van der Waals surface area contributed by atoms with Crippen LogP contribution in [0.3, 0.4) is 0 Å². The van der Waals surface area contributed by atoms with Gasteiger partial charge in [-0.3, -0.25) is 0 Å². The van der Waals surface area contributed by atoms with E-state index in [1.165, 1.54) is 6.42 Å². The summed E-state index contributed by atoms with van der Waals surface area (Å²) in [4.78, 5) is 0. The van der Waals surface area contributed by atoms with E-state index in [4.69, 9.17) is 5.73 Å². The van der Waals surface area contributed by atoms with Gasteiger partial charge in [0.2, 0.25) is 0 Å². The van der Waals surface area contributed by atoms with Crippen LogP contribution in [0.25, 0.3) is 0 Å². The molecule has 0 aromatic carbocycles. The predicted molar refractivity (Wildman–Crippen MR) is 64.0 cm³/mol. The quantitative estimate of drug-likeness (QED) is 0.837. The van der Waals surface area contributed by atoms with Crippen molar-refractivity contribution in [3.05, 3.63) is 11.6 Å². The maximum absolute atomic E-state index is 5.75. The van der Waals surface area contributed by atoms with Gasteiger partial charge in [-0.2, -0.15) is 0 Å². The van der Waals surface area contributed by atoms with E-state index >= 15 is 0 Å². The van der Waals surface area contributed by atoms with Gasteiger partial charge >= 0.3 is 0 Å². The Morgan fingerprint density at radius 2 is 2.31 bits per heavy atom. The van der Waals surface area contributed by atoms with Gasteiger partial charge in [-0.1, -0.05) is 20.3 Å². The zero-order valence-electron chi connectivity index (χ0n) is 10.3. The summed E-state index contributed by atoms with van der Waals surface area (Å²) in [5, 5.41) is 8.61. The molecular weight excluding hydrogens is 200 g/mol. The second-order valence-corrected chi connectivity index (χ2v) is 5.00. The molecule has 4 heteroatoms. The summed E-state index contributed by atoms with van der Waals surface area (Å²) >= 11 is 0. The van der Waals surface area contributed by atoms with E-state index < -0.39 is 0 Å². The zero-order valence-corrected chi connectivity index (χ0v) is 10.3. The van der Waals surface area contributed by atoms with Crippen molar-refractivity contribution < 1.29 is 0 Å². The molecule has 0 aliphatic carbocycles. The number of rotatable bonds is 4. The second-order valence-electron chi connectivity index (χ2n) is 5.00. The summed E-state index contributed by atoms with van der Waals surface area (Å²) in [5.74, 6) is 3.61. The first-order valence-electron chi connectivity index (χ1n) is 6.35. The fourth-order valence-corrected chi connectivity index (χ4v) is 2.25. The monoisotopic (exact) mass is 222 g/mol. The molecular formula is C12H22N4. The summed E-state index contributed by atoms with van der Waals surface area (Å²) in [5.41, 5.74) is 5.75. The third kappa shape index (κ3) is 2.26. The number of hydrogen-bond acceptors (Lipinski definition) is 3. The lowest BCUT2D eigenvalue weighted by Gasteiger charge is -2.23. The van der Waals surface area contributed by atoms with E-state index in [-0.39, 0.29) is 0 Å². The topological polar surface area (TPSA) is 56.7 Å². The third-order valence-electron chi connectivity index (χ3n) is 3.68. The van der Waals surface area contributed by atoms with E-state index in [0.29, 0.717) is 11.8 Å². The van der Waals surface area contributed by atoms with Crippen LogP contribution in [0.15, 0.2) is 0 Å². The second kappa shape index (κ2) is 4.95. The molecule has 2 heterocycles. The van der Waals surface area contributed by atoms with Crippen molar-refractivity contribution in [3.63, 3.8) is 0 Å². The van der Waals surface area contributed by atoms with Crippen molar-refractivity contribution in [1.82, 2.24) is 14.8 Å². The van der Waals surface area contributed by atoms with Crippen molar-refractivity contribution in [1.29, 1.82) is 0 Å². The van der Waals surface area contributed by atoms with Gasteiger partial charge in [0, 0.05) is 19.4 Å². The maximum Gasteiger partial charge on any atom is 0.133 e. The normalized spacial score (nSPS) is 21.8. The number of fused-ring (bicyclic) bond motifs is 1. The molecule has 0 spiro atoms. The largest absolute Gasteiger partial charge is 0.330 e. The molecule has 1 aliphatic rings. The Hall–Kier alpha value is -0.900. The minimum Gasteiger partial charge on any atom is -0.330 e. The van der Waals surface area contributed by atoms with Crippen LogP contribution in [0.5, 0.6) is 0 Å². The number of nitrogens with two attached hydrogens (primary N) is 1. The van der Waals surface area contributed by atoms with Crippen LogP contribution in [-0.2, 0) is 19.4 Å². The molecule has 2 atom stereocenters. The van der Waals surface area contributed by atoms with Gasteiger partial charge in [0.25, 0.3) is 0 Å². The Labute approximate surface area is 97.2 Å². The van der Waals surface area contributed by atoms with E-state index in [0.717, 1.165) is 44.0 Å². The number of aryl methyl sites for hydroxylation is 1. The van der Waals surface area contributed by atoms with E-state index in [2.05, 4.69) is 28.6 Å². The molecule has 1 aromatic heterocycles. The standard InChI is InChI=1S/C12H22N4/c1-3-9(2)6-12-15-14-11-5-4-10(7-13)8-16(11)12/h9-10H,3-8,13H2,1-2H3. The SMILES string of the molecule is CCC(C)Cc1nnc2n1CC(CN)CC2. The molecule has 2 rings (SSSR count). The zero-order chi connectivity index (χ0) is 11.5. The highest BCUT2D eigenvalue weighted by molar-refractivity contribution is 5.01. The summed E-state index contributed by atoms with van der Waals surface area (Å²) in [6.07, 6.45) is 4.44. The van der Waals surface area contributed by atoms with Crippen molar-refractivity contribution >= 4 is 0 Å². The molecule has 2 unspecified atom stereocenters. The summed E-state index contributed by atoms with van der Waals surface area (Å²) in [6, 6.07) is 0. The molecule has 4 nitrogen and oxygen atoms in total. The minimum absolute atomic E-state index is 0.610. The predicted octanol–water partition coefficient (Wildman–Crippen LogP) is 1.39. The van der Waals surface area contributed by atoms with E-state index in [1.54, 1.807) is 0 Å². The van der Waals surface area contributed by atoms with Crippen LogP contribution in [0.1, 0.15) is 38.3 Å². The van der Waals surface area contributed by atoms with Gasteiger partial charge in [0.05, 0.1) is 0 Å².